The second kappa shape index (κ2) is 5.45. The van der Waals surface area contributed by atoms with Gasteiger partial charge in [-0.2, -0.15) is 0 Å². The lowest BCUT2D eigenvalue weighted by atomic mass is 10.1. The molecule has 0 N–H and O–H groups in total. The summed E-state index contributed by atoms with van der Waals surface area (Å²) in [4.78, 5) is 13.6. The molecule has 0 spiro atoms. The molecule has 2 nitrogen and oxygen atoms in total. The highest BCUT2D eigenvalue weighted by Gasteiger charge is 2.12. The molecule has 0 fully saturated rings. The van der Waals surface area contributed by atoms with Gasteiger partial charge in [-0.25, -0.2) is 4.39 Å². The second-order valence-corrected chi connectivity index (χ2v) is 4.06. The summed E-state index contributed by atoms with van der Waals surface area (Å²) < 4.78 is 13.0. The summed E-state index contributed by atoms with van der Waals surface area (Å²) in [6, 6.07) is 16.4. The molecule has 0 aliphatic rings. The van der Waals surface area contributed by atoms with Gasteiger partial charge in [0.05, 0.1) is 5.56 Å². The zero-order chi connectivity index (χ0) is 13.0. The molecular weight excluding hydrogens is 229 g/mol. The van der Waals surface area contributed by atoms with Crippen LogP contribution in [0.3, 0.4) is 0 Å². The zero-order valence-electron chi connectivity index (χ0n) is 10.1. The van der Waals surface area contributed by atoms with Crippen molar-refractivity contribution < 1.29 is 9.18 Å². The number of halogens is 1. The van der Waals surface area contributed by atoms with Crippen molar-refractivity contribution in [2.45, 2.75) is 6.54 Å². The predicted molar refractivity (Wildman–Crippen MR) is 67.5 cm³/mol. The topological polar surface area (TPSA) is 20.3 Å². The Morgan fingerprint density at radius 1 is 1.17 bits per heavy atom. The Balaban J connectivity index is 2.10. The number of hydrogen-bond donors (Lipinski definition) is 0. The van der Waals surface area contributed by atoms with E-state index in [9.17, 15) is 9.18 Å². The monoisotopic (exact) mass is 242 g/mol. The van der Waals surface area contributed by atoms with Crippen LogP contribution in [0.4, 0.5) is 4.39 Å². The molecule has 2 rings (SSSR count). The van der Waals surface area contributed by atoms with Crippen LogP contribution in [0.5, 0.6) is 0 Å². The van der Waals surface area contributed by atoms with Gasteiger partial charge in [0, 0.05) is 19.7 Å². The molecular formula is C15H13FNO. The number of amides is 1. The molecule has 3 heteroatoms. The molecule has 0 aliphatic heterocycles. The first-order valence-electron chi connectivity index (χ1n) is 5.64. The fourth-order valence-corrected chi connectivity index (χ4v) is 1.70. The molecule has 0 atom stereocenters. The van der Waals surface area contributed by atoms with E-state index in [0.29, 0.717) is 6.54 Å². The number of nitrogens with zero attached hydrogens (tertiary/aromatic N) is 1. The third-order valence-corrected chi connectivity index (χ3v) is 2.60. The number of carbonyl (C=O) groups excluding carboxylic acids is 1. The first kappa shape index (κ1) is 12.3. The normalized spacial score (nSPS) is 10.1. The van der Waals surface area contributed by atoms with Crippen LogP contribution in [-0.4, -0.2) is 17.9 Å². The Morgan fingerprint density at radius 2 is 1.89 bits per heavy atom. The Labute approximate surface area is 106 Å². The average Bonchev–Trinajstić information content (AvgIpc) is 2.39. The van der Waals surface area contributed by atoms with Crippen LogP contribution in [0.1, 0.15) is 15.9 Å². The zero-order valence-corrected chi connectivity index (χ0v) is 10.1. The summed E-state index contributed by atoms with van der Waals surface area (Å²) in [6.07, 6.45) is 0. The first-order valence-corrected chi connectivity index (χ1v) is 5.64. The van der Waals surface area contributed by atoms with Crippen molar-refractivity contribution in [1.29, 1.82) is 0 Å². The number of carbonyl (C=O) groups is 1. The third-order valence-electron chi connectivity index (χ3n) is 2.60. The van der Waals surface area contributed by atoms with Gasteiger partial charge in [-0.3, -0.25) is 4.79 Å². The van der Waals surface area contributed by atoms with E-state index in [1.165, 1.54) is 12.1 Å². The predicted octanol–water partition coefficient (Wildman–Crippen LogP) is 2.90. The van der Waals surface area contributed by atoms with Crippen molar-refractivity contribution in [3.8, 4) is 0 Å². The summed E-state index contributed by atoms with van der Waals surface area (Å²) in [7, 11) is 1.69. The van der Waals surface area contributed by atoms with E-state index in [4.69, 9.17) is 0 Å². The van der Waals surface area contributed by atoms with Crippen LogP contribution in [0.2, 0.25) is 0 Å². The summed E-state index contributed by atoms with van der Waals surface area (Å²) in [5, 5.41) is 0. The Hall–Kier alpha value is -2.16. The van der Waals surface area contributed by atoms with Gasteiger partial charge >= 0.3 is 0 Å². The van der Waals surface area contributed by atoms with Gasteiger partial charge in [0.2, 0.25) is 0 Å². The lowest BCUT2D eigenvalue weighted by Crippen LogP contribution is -2.26. The van der Waals surface area contributed by atoms with E-state index < -0.39 is 5.82 Å². The second-order valence-electron chi connectivity index (χ2n) is 4.06. The van der Waals surface area contributed by atoms with Crippen LogP contribution in [0, 0.1) is 11.9 Å². The largest absolute Gasteiger partial charge is 0.337 e. The molecule has 0 unspecified atom stereocenters. The van der Waals surface area contributed by atoms with E-state index in [1.54, 1.807) is 18.0 Å². The van der Waals surface area contributed by atoms with Gasteiger partial charge in [-0.1, -0.05) is 36.4 Å². The lowest BCUT2D eigenvalue weighted by Gasteiger charge is -2.17. The quantitative estimate of drug-likeness (QED) is 0.810. The molecule has 2 aromatic carbocycles. The smallest absolute Gasteiger partial charge is 0.254 e. The van der Waals surface area contributed by atoms with Crippen LogP contribution < -0.4 is 0 Å². The summed E-state index contributed by atoms with van der Waals surface area (Å²) in [5.41, 5.74) is 1.28. The molecule has 0 aromatic heterocycles. The van der Waals surface area contributed by atoms with Crippen LogP contribution in [0.25, 0.3) is 0 Å². The summed E-state index contributed by atoms with van der Waals surface area (Å²) >= 11 is 0. The summed E-state index contributed by atoms with van der Waals surface area (Å²) in [5.74, 6) is -0.757. The highest BCUT2D eigenvalue weighted by Crippen LogP contribution is 2.09. The molecule has 1 radical (unpaired) electrons. The van der Waals surface area contributed by atoms with Gasteiger partial charge in [0.25, 0.3) is 5.91 Å². The van der Waals surface area contributed by atoms with E-state index >= 15 is 0 Å². The maximum atomic E-state index is 13.0. The van der Waals surface area contributed by atoms with Crippen molar-refractivity contribution in [3.63, 3.8) is 0 Å². The first-order chi connectivity index (χ1) is 8.66. The van der Waals surface area contributed by atoms with Gasteiger partial charge in [-0.15, -0.1) is 0 Å². The maximum Gasteiger partial charge on any atom is 0.254 e. The standard InChI is InChI=1S/C15H13FNO/c1-17(11-12-6-3-2-4-7-12)15(18)13-8-5-9-14(16)10-13/h2-9H,11H2,1H3. The maximum absolute atomic E-state index is 13.0. The molecule has 0 bridgehead atoms. The Bertz CT molecular complexity index is 539. The van der Waals surface area contributed by atoms with Crippen molar-refractivity contribution in [2.24, 2.45) is 0 Å². The van der Waals surface area contributed by atoms with E-state index in [2.05, 4.69) is 6.07 Å². The minimum Gasteiger partial charge on any atom is -0.337 e. The summed E-state index contributed by atoms with van der Waals surface area (Å²) in [6.45, 7) is 0.490. The molecule has 1 amide bonds. The van der Waals surface area contributed by atoms with E-state index in [-0.39, 0.29) is 11.5 Å². The molecule has 91 valence electrons. The van der Waals surface area contributed by atoms with E-state index in [1.807, 2.05) is 30.3 Å². The third kappa shape index (κ3) is 2.94. The molecule has 0 heterocycles. The van der Waals surface area contributed by atoms with E-state index in [0.717, 1.165) is 5.56 Å². The van der Waals surface area contributed by atoms with Crippen LogP contribution in [-0.2, 0) is 6.54 Å². The van der Waals surface area contributed by atoms with Crippen molar-refractivity contribution in [2.75, 3.05) is 7.05 Å². The van der Waals surface area contributed by atoms with Crippen molar-refractivity contribution >= 4 is 5.91 Å². The Morgan fingerprint density at radius 3 is 2.56 bits per heavy atom. The van der Waals surface area contributed by atoms with Gasteiger partial charge in [-0.05, 0) is 17.7 Å². The highest BCUT2D eigenvalue weighted by atomic mass is 19.1. The van der Waals surface area contributed by atoms with Gasteiger partial charge in [0.15, 0.2) is 0 Å². The minimum absolute atomic E-state index is 0.238. The molecule has 0 saturated heterocycles. The SMILES string of the molecule is CN(Cc1ccccc1)C(=O)c1[c]c(F)ccc1. The fourth-order valence-electron chi connectivity index (χ4n) is 1.70. The van der Waals surface area contributed by atoms with Crippen molar-refractivity contribution in [1.82, 2.24) is 4.90 Å². The average molecular weight is 242 g/mol. The Kier molecular flexibility index (Phi) is 3.72. The molecule has 2 aromatic rings. The highest BCUT2D eigenvalue weighted by molar-refractivity contribution is 5.93. The molecule has 0 saturated carbocycles. The number of benzene rings is 2. The van der Waals surface area contributed by atoms with Crippen LogP contribution in [0.15, 0.2) is 48.5 Å². The van der Waals surface area contributed by atoms with Gasteiger partial charge < -0.3 is 4.90 Å². The van der Waals surface area contributed by atoms with Crippen molar-refractivity contribution in [3.05, 3.63) is 71.5 Å². The fraction of sp³-hybridized carbons (Fsp3) is 0.133. The lowest BCUT2D eigenvalue weighted by molar-refractivity contribution is 0.0784. The number of hydrogen-bond acceptors (Lipinski definition) is 1. The van der Waals surface area contributed by atoms with Gasteiger partial charge in [0.1, 0.15) is 5.82 Å². The molecule has 0 aliphatic carbocycles. The minimum atomic E-state index is -0.519. The number of rotatable bonds is 3. The molecule has 18 heavy (non-hydrogen) atoms. The van der Waals surface area contributed by atoms with Crippen LogP contribution >= 0.6 is 0 Å².